The topological polar surface area (TPSA) is 81.8 Å². The van der Waals surface area contributed by atoms with Gasteiger partial charge in [-0.1, -0.05) is 0 Å². The van der Waals surface area contributed by atoms with Crippen LogP contribution in [-0.4, -0.2) is 30.8 Å². The lowest BCUT2D eigenvalue weighted by molar-refractivity contribution is -0.138. The van der Waals surface area contributed by atoms with Crippen LogP contribution in [0, 0.1) is 0 Å². The van der Waals surface area contributed by atoms with Gasteiger partial charge in [0, 0.05) is 6.54 Å². The monoisotopic (exact) mass is 357 g/mol. The second-order valence-corrected chi connectivity index (χ2v) is 6.04. The van der Waals surface area contributed by atoms with Crippen LogP contribution < -0.4 is 15.2 Å². The van der Waals surface area contributed by atoms with Gasteiger partial charge in [-0.15, -0.1) is 0 Å². The minimum atomic E-state index is -0.943. The summed E-state index contributed by atoms with van der Waals surface area (Å²) in [6.07, 6.45) is 4.53. The summed E-state index contributed by atoms with van der Waals surface area (Å²) in [6.45, 7) is 0.0387. The number of nitrogens with two attached hydrogens (primary N) is 1. The number of ether oxygens (including phenoxy) is 2. The highest BCUT2D eigenvalue weighted by molar-refractivity contribution is 9.10. The molecule has 0 bridgehead atoms. The highest BCUT2D eigenvalue weighted by atomic mass is 79.9. The minimum Gasteiger partial charge on any atom is -0.492 e. The van der Waals surface area contributed by atoms with E-state index in [0.717, 1.165) is 25.7 Å². The first-order valence-corrected chi connectivity index (χ1v) is 7.83. The van der Waals surface area contributed by atoms with Crippen LogP contribution in [0.5, 0.6) is 11.5 Å². The third-order valence-corrected chi connectivity index (χ3v) is 4.36. The Bertz CT molecular complexity index is 515. The highest BCUT2D eigenvalue weighted by Gasteiger charge is 2.24. The van der Waals surface area contributed by atoms with Crippen LogP contribution in [0.25, 0.3) is 0 Å². The highest BCUT2D eigenvalue weighted by Crippen LogP contribution is 2.40. The van der Waals surface area contributed by atoms with Crippen molar-refractivity contribution < 1.29 is 19.4 Å². The first kappa shape index (κ1) is 16.1. The summed E-state index contributed by atoms with van der Waals surface area (Å²) in [6, 6.07) is 3.46. The molecule has 5 nitrogen and oxygen atoms in total. The molecule has 1 unspecified atom stereocenters. The average molecular weight is 358 g/mol. The molecule has 3 N–H and O–H groups in total. The SMILES string of the molecule is COc1c(Br)cc(C(CN)C(=O)O)cc1OC1CCCC1. The van der Waals surface area contributed by atoms with Crippen LogP contribution in [0.1, 0.15) is 37.2 Å². The molecule has 0 spiro atoms. The molecule has 1 aliphatic carbocycles. The molecule has 1 aromatic carbocycles. The number of hydrogen-bond donors (Lipinski definition) is 2. The number of carboxylic acids is 1. The Morgan fingerprint density at radius 2 is 2.14 bits per heavy atom. The van der Waals surface area contributed by atoms with Crippen molar-refractivity contribution in [3.63, 3.8) is 0 Å². The minimum absolute atomic E-state index is 0.0387. The summed E-state index contributed by atoms with van der Waals surface area (Å²) in [5.74, 6) is -0.528. The quantitative estimate of drug-likeness (QED) is 0.817. The van der Waals surface area contributed by atoms with Gasteiger partial charge in [0.2, 0.25) is 0 Å². The fourth-order valence-electron chi connectivity index (χ4n) is 2.64. The van der Waals surface area contributed by atoms with Crippen LogP contribution in [-0.2, 0) is 4.79 Å². The molecule has 1 saturated carbocycles. The second kappa shape index (κ2) is 7.13. The summed E-state index contributed by atoms with van der Waals surface area (Å²) in [5, 5.41) is 9.25. The molecule has 1 fully saturated rings. The van der Waals surface area contributed by atoms with Crippen LogP contribution in [0.2, 0.25) is 0 Å². The zero-order valence-electron chi connectivity index (χ0n) is 12.0. The molecular weight excluding hydrogens is 338 g/mol. The van der Waals surface area contributed by atoms with Crippen molar-refractivity contribution >= 4 is 21.9 Å². The number of benzene rings is 1. The molecule has 0 saturated heterocycles. The van der Waals surface area contributed by atoms with E-state index in [2.05, 4.69) is 15.9 Å². The predicted octanol–water partition coefficient (Wildman–Crippen LogP) is 2.91. The van der Waals surface area contributed by atoms with Gasteiger partial charge in [-0.05, 0) is 59.3 Å². The van der Waals surface area contributed by atoms with E-state index >= 15 is 0 Å². The lowest BCUT2D eigenvalue weighted by Gasteiger charge is -2.19. The lowest BCUT2D eigenvalue weighted by atomic mass is 9.99. The molecule has 0 radical (unpaired) electrons. The lowest BCUT2D eigenvalue weighted by Crippen LogP contribution is -2.21. The predicted molar refractivity (Wildman–Crippen MR) is 83.0 cm³/mol. The Morgan fingerprint density at radius 3 is 2.67 bits per heavy atom. The van der Waals surface area contributed by atoms with Gasteiger partial charge in [0.05, 0.1) is 23.6 Å². The average Bonchev–Trinajstić information content (AvgIpc) is 2.92. The van der Waals surface area contributed by atoms with Gasteiger partial charge >= 0.3 is 5.97 Å². The molecule has 0 amide bonds. The summed E-state index contributed by atoms with van der Waals surface area (Å²) in [4.78, 5) is 11.3. The number of methoxy groups -OCH3 is 1. The fourth-order valence-corrected chi connectivity index (χ4v) is 3.26. The molecule has 1 atom stereocenters. The van der Waals surface area contributed by atoms with Crippen molar-refractivity contribution in [1.82, 2.24) is 0 Å². The largest absolute Gasteiger partial charge is 0.492 e. The Labute approximate surface area is 132 Å². The van der Waals surface area contributed by atoms with E-state index in [-0.39, 0.29) is 12.6 Å². The van der Waals surface area contributed by atoms with E-state index in [4.69, 9.17) is 15.2 Å². The van der Waals surface area contributed by atoms with Crippen LogP contribution in [0.3, 0.4) is 0 Å². The number of carboxylic acid groups (broad SMARTS) is 1. The van der Waals surface area contributed by atoms with Crippen molar-refractivity contribution in [1.29, 1.82) is 0 Å². The van der Waals surface area contributed by atoms with E-state index in [1.165, 1.54) is 0 Å². The number of halogens is 1. The number of aliphatic carboxylic acids is 1. The van der Waals surface area contributed by atoms with Crippen molar-refractivity contribution in [3.8, 4) is 11.5 Å². The maximum Gasteiger partial charge on any atom is 0.312 e. The number of carbonyl (C=O) groups is 1. The maximum absolute atomic E-state index is 11.3. The Hall–Kier alpha value is -1.27. The van der Waals surface area contributed by atoms with Crippen molar-refractivity contribution in [2.24, 2.45) is 5.73 Å². The normalized spacial score (nSPS) is 16.7. The van der Waals surface area contributed by atoms with Gasteiger partial charge in [-0.2, -0.15) is 0 Å². The van der Waals surface area contributed by atoms with Gasteiger partial charge in [0.25, 0.3) is 0 Å². The van der Waals surface area contributed by atoms with Crippen molar-refractivity contribution in [2.45, 2.75) is 37.7 Å². The maximum atomic E-state index is 11.3. The third kappa shape index (κ3) is 3.68. The molecule has 0 heterocycles. The second-order valence-electron chi connectivity index (χ2n) is 5.18. The van der Waals surface area contributed by atoms with Crippen molar-refractivity contribution in [2.75, 3.05) is 13.7 Å². The van der Waals surface area contributed by atoms with E-state index in [0.29, 0.717) is 21.5 Å². The van der Waals surface area contributed by atoms with E-state index in [1.54, 1.807) is 19.2 Å². The molecule has 1 aromatic rings. The standard InChI is InChI=1S/C15H20BrNO4/c1-20-14-12(16)6-9(11(8-17)15(18)19)7-13(14)21-10-4-2-3-5-10/h6-7,10-11H,2-5,8,17H2,1H3,(H,18,19). The van der Waals surface area contributed by atoms with Gasteiger partial charge in [0.1, 0.15) is 0 Å². The Balaban J connectivity index is 2.35. The van der Waals surface area contributed by atoms with Crippen molar-refractivity contribution in [3.05, 3.63) is 22.2 Å². The number of rotatable bonds is 6. The summed E-state index contributed by atoms with van der Waals surface area (Å²) >= 11 is 3.42. The van der Waals surface area contributed by atoms with Gasteiger partial charge in [-0.3, -0.25) is 4.79 Å². The molecule has 116 valence electrons. The van der Waals surface area contributed by atoms with Crippen LogP contribution in [0.15, 0.2) is 16.6 Å². The van der Waals surface area contributed by atoms with Gasteiger partial charge < -0.3 is 20.3 Å². The van der Waals surface area contributed by atoms with E-state index in [1.807, 2.05) is 0 Å². The van der Waals surface area contributed by atoms with E-state index < -0.39 is 11.9 Å². The van der Waals surface area contributed by atoms with Gasteiger partial charge in [0.15, 0.2) is 11.5 Å². The summed E-state index contributed by atoms with van der Waals surface area (Å²) < 4.78 is 12.0. The smallest absolute Gasteiger partial charge is 0.312 e. The molecule has 2 rings (SSSR count). The third-order valence-electron chi connectivity index (χ3n) is 3.77. The molecular formula is C15H20BrNO4. The van der Waals surface area contributed by atoms with E-state index in [9.17, 15) is 9.90 Å². The van der Waals surface area contributed by atoms with Crippen LogP contribution in [0.4, 0.5) is 0 Å². The zero-order chi connectivity index (χ0) is 15.4. The summed E-state index contributed by atoms with van der Waals surface area (Å²) in [5.41, 5.74) is 6.19. The summed E-state index contributed by atoms with van der Waals surface area (Å²) in [7, 11) is 1.57. The Kier molecular flexibility index (Phi) is 5.47. The molecule has 0 aliphatic heterocycles. The van der Waals surface area contributed by atoms with Crippen LogP contribution >= 0.6 is 15.9 Å². The molecule has 21 heavy (non-hydrogen) atoms. The first-order valence-electron chi connectivity index (χ1n) is 7.03. The van der Waals surface area contributed by atoms with Gasteiger partial charge in [-0.25, -0.2) is 0 Å². The Morgan fingerprint density at radius 1 is 1.48 bits per heavy atom. The number of hydrogen-bond acceptors (Lipinski definition) is 4. The first-order chi connectivity index (χ1) is 10.1. The molecule has 6 heteroatoms. The molecule has 1 aliphatic rings. The molecule has 0 aromatic heterocycles. The fraction of sp³-hybridized carbons (Fsp3) is 0.533. The zero-order valence-corrected chi connectivity index (χ0v) is 13.6.